The molecule has 0 N–H and O–H groups in total. The molecule has 1 amide bonds. The summed E-state index contributed by atoms with van der Waals surface area (Å²) >= 11 is 0. The second-order valence-electron chi connectivity index (χ2n) is 6.53. The molecule has 3 atom stereocenters. The van der Waals surface area contributed by atoms with Crippen molar-refractivity contribution in [2.45, 2.75) is 31.7 Å². The number of fused-ring (bicyclic) bond motifs is 3. The van der Waals surface area contributed by atoms with Crippen LogP contribution in [0.3, 0.4) is 0 Å². The molecule has 2 fully saturated rings. The van der Waals surface area contributed by atoms with Crippen LogP contribution in [0.4, 0.5) is 0 Å². The zero-order chi connectivity index (χ0) is 20.3. The van der Waals surface area contributed by atoms with Crippen molar-refractivity contribution in [1.82, 2.24) is 4.90 Å². The third-order valence-electron chi connectivity index (χ3n) is 5.38. The van der Waals surface area contributed by atoms with Crippen LogP contribution in [0, 0.1) is 31.3 Å². The smallest absolute Gasteiger partial charge is 0 e. The Morgan fingerprint density at radius 2 is 1.64 bits per heavy atom. The van der Waals surface area contributed by atoms with Gasteiger partial charge >= 0.3 is 33.9 Å². The number of piperidine rings is 1. The Bertz CT molecular complexity index is 724. The van der Waals surface area contributed by atoms with Crippen molar-refractivity contribution in [3.63, 3.8) is 0 Å². The molecule has 0 spiro atoms. The number of amides is 1. The van der Waals surface area contributed by atoms with Crippen LogP contribution >= 0.6 is 0 Å². The Labute approximate surface area is 176 Å². The second kappa shape index (κ2) is 13.1. The number of hydrogen-bond donors (Lipinski definition) is 0. The van der Waals surface area contributed by atoms with Gasteiger partial charge in [-0.05, 0) is 31.2 Å². The van der Waals surface area contributed by atoms with Gasteiger partial charge in [-0.25, -0.2) is 0 Å². The molecule has 0 aromatic heterocycles. The van der Waals surface area contributed by atoms with Crippen LogP contribution in [0.25, 0.3) is 0 Å². The molecule has 2 heterocycles. The van der Waals surface area contributed by atoms with Crippen LogP contribution in [-0.4, -0.2) is 23.4 Å². The Morgan fingerprint density at radius 1 is 1.00 bits per heavy atom. The maximum Gasteiger partial charge on any atom is 0 e. The van der Waals surface area contributed by atoms with E-state index < -0.39 is 0 Å². The number of carbonyl (C=O) groups excluding carboxylic acids is 1. The molecule has 6 heteroatoms. The molecule has 1 aromatic carbocycles. The standard InChI is InChI=1S/C19H21NO.3CO.Fe/c21-18-19(14-15-8-2-1-3-9-15)12-6-4-10-16(19)17-11-5-7-13-20(17)18;3*1-2;/h1-4,6,8-10,12,16-17H,5,7,11,13-14H2;;;;/t16-,17+,19+;;;;/m0..../s1. The zero-order valence-corrected chi connectivity index (χ0v) is 16.4. The molecule has 5 nitrogen and oxygen atoms in total. The fourth-order valence-corrected chi connectivity index (χ4v) is 4.42. The second-order valence-corrected chi connectivity index (χ2v) is 6.53. The largest absolute Gasteiger partial charge is 0 e. The van der Waals surface area contributed by atoms with Crippen molar-refractivity contribution >= 4 is 5.91 Å². The quantitative estimate of drug-likeness (QED) is 0.412. The first kappa shape index (κ1) is 25.9. The maximum absolute atomic E-state index is 13.1. The normalized spacial score (nSPS) is 25.6. The van der Waals surface area contributed by atoms with Crippen LogP contribution in [0.2, 0.25) is 0 Å². The third kappa shape index (κ3) is 5.04. The van der Waals surface area contributed by atoms with Crippen LogP contribution in [0.1, 0.15) is 24.8 Å². The predicted molar refractivity (Wildman–Crippen MR) is 95.5 cm³/mol. The number of allylic oxidation sites excluding steroid dienone is 2. The van der Waals surface area contributed by atoms with Gasteiger partial charge < -0.3 is 4.90 Å². The van der Waals surface area contributed by atoms with Crippen molar-refractivity contribution in [3.8, 4) is 0 Å². The summed E-state index contributed by atoms with van der Waals surface area (Å²) < 4.78 is 22.5. The van der Waals surface area contributed by atoms with Gasteiger partial charge in [-0.1, -0.05) is 54.6 Å². The van der Waals surface area contributed by atoms with Gasteiger partial charge in [0.25, 0.3) is 0 Å². The van der Waals surface area contributed by atoms with Crippen molar-refractivity contribution in [2.24, 2.45) is 11.3 Å². The summed E-state index contributed by atoms with van der Waals surface area (Å²) in [7, 11) is 0. The van der Waals surface area contributed by atoms with Gasteiger partial charge in [0.2, 0.25) is 5.91 Å². The van der Waals surface area contributed by atoms with Gasteiger partial charge in [-0.15, -0.1) is 0 Å². The summed E-state index contributed by atoms with van der Waals surface area (Å²) in [6.45, 7) is 14.4. The molecule has 1 aromatic rings. The number of hydrogen-bond acceptors (Lipinski definition) is 1. The van der Waals surface area contributed by atoms with E-state index in [-0.39, 0.29) is 22.5 Å². The average molecular weight is 419 g/mol. The topological polar surface area (TPSA) is 80.0 Å². The van der Waals surface area contributed by atoms with E-state index in [1.165, 1.54) is 12.0 Å². The molecule has 2 saturated heterocycles. The first-order chi connectivity index (χ1) is 13.3. The summed E-state index contributed by atoms with van der Waals surface area (Å²) in [6.07, 6.45) is 13.0. The van der Waals surface area contributed by atoms with E-state index in [0.717, 1.165) is 25.8 Å². The molecule has 1 aliphatic carbocycles. The molecule has 4 rings (SSSR count). The Hall–Kier alpha value is -2.09. The van der Waals surface area contributed by atoms with Crippen LogP contribution in [0.15, 0.2) is 54.6 Å². The van der Waals surface area contributed by atoms with Crippen LogP contribution in [0.5, 0.6) is 0 Å². The molecular weight excluding hydrogens is 398 g/mol. The third-order valence-corrected chi connectivity index (χ3v) is 5.38. The average Bonchev–Trinajstić information content (AvgIpc) is 3.02. The van der Waals surface area contributed by atoms with Crippen LogP contribution < -0.4 is 0 Å². The number of carbonyl (C=O) groups is 1. The molecule has 146 valence electrons. The SMILES string of the molecule is O=C1N2CCCC[C@@H]2[C@@H]2C=CC=C[C@]12Cc1ccccc1.[C-]#[O+].[C-]#[O+].[C-]#[O+].[Fe]. The molecular formula is C22H21FeNO4. The first-order valence-corrected chi connectivity index (χ1v) is 8.63. The molecule has 3 aliphatic rings. The van der Waals surface area contributed by atoms with E-state index in [9.17, 15) is 4.79 Å². The molecule has 0 unspecified atom stereocenters. The Balaban J connectivity index is 0.000000957. The van der Waals surface area contributed by atoms with E-state index in [1.54, 1.807) is 0 Å². The van der Waals surface area contributed by atoms with Gasteiger partial charge in [-0.2, -0.15) is 0 Å². The minimum Gasteiger partial charge on any atom is 0 e. The fraction of sp³-hybridized carbons (Fsp3) is 0.364. The summed E-state index contributed by atoms with van der Waals surface area (Å²) in [4.78, 5) is 15.3. The van der Waals surface area contributed by atoms with Gasteiger partial charge in [0.1, 0.15) is 0 Å². The Morgan fingerprint density at radius 3 is 2.29 bits per heavy atom. The van der Waals surface area contributed by atoms with Crippen molar-refractivity contribution < 1.29 is 35.8 Å². The minimum atomic E-state index is -0.342. The van der Waals surface area contributed by atoms with E-state index in [1.807, 2.05) is 6.07 Å². The molecule has 0 radical (unpaired) electrons. The minimum absolute atomic E-state index is 0. The van der Waals surface area contributed by atoms with Crippen molar-refractivity contribution in [2.75, 3.05) is 6.54 Å². The fourth-order valence-electron chi connectivity index (χ4n) is 4.42. The number of benzene rings is 1. The number of rotatable bonds is 2. The predicted octanol–water partition coefficient (Wildman–Crippen LogP) is 3.24. The van der Waals surface area contributed by atoms with Gasteiger partial charge in [-0.3, -0.25) is 4.79 Å². The van der Waals surface area contributed by atoms with Gasteiger partial charge in [0, 0.05) is 35.6 Å². The molecule has 0 saturated carbocycles. The summed E-state index contributed by atoms with van der Waals surface area (Å²) in [5.41, 5.74) is 0.918. The van der Waals surface area contributed by atoms with Gasteiger partial charge in [0.15, 0.2) is 0 Å². The maximum atomic E-state index is 13.1. The molecule has 28 heavy (non-hydrogen) atoms. The molecule has 2 aliphatic heterocycles. The first-order valence-electron chi connectivity index (χ1n) is 8.63. The van der Waals surface area contributed by atoms with E-state index in [4.69, 9.17) is 14.0 Å². The van der Waals surface area contributed by atoms with E-state index in [0.29, 0.717) is 17.9 Å². The van der Waals surface area contributed by atoms with Gasteiger partial charge in [0.05, 0.1) is 5.41 Å². The Kier molecular flexibility index (Phi) is 12.2. The van der Waals surface area contributed by atoms with E-state index >= 15 is 0 Å². The molecule has 0 bridgehead atoms. The summed E-state index contributed by atoms with van der Waals surface area (Å²) in [5, 5.41) is 0. The van der Waals surface area contributed by atoms with Crippen molar-refractivity contribution in [3.05, 3.63) is 80.2 Å². The summed E-state index contributed by atoms with van der Waals surface area (Å²) in [5.74, 6) is 0.692. The zero-order valence-electron chi connectivity index (χ0n) is 15.3. The van der Waals surface area contributed by atoms with Crippen LogP contribution in [-0.2, 0) is 42.2 Å². The number of nitrogens with zero attached hydrogens (tertiary/aromatic N) is 1. The summed E-state index contributed by atoms with van der Waals surface area (Å²) in [6, 6.07) is 10.9. The van der Waals surface area contributed by atoms with Crippen molar-refractivity contribution in [1.29, 1.82) is 0 Å². The van der Waals surface area contributed by atoms with E-state index in [2.05, 4.69) is 73.4 Å². The monoisotopic (exact) mass is 419 g/mol.